The fraction of sp³-hybridized carbons (Fsp3) is 0.345. The van der Waals surface area contributed by atoms with E-state index in [1.54, 1.807) is 30.3 Å². The second-order valence-corrected chi connectivity index (χ2v) is 11.3. The topological polar surface area (TPSA) is 66.5 Å². The van der Waals surface area contributed by atoms with Crippen molar-refractivity contribution in [1.82, 2.24) is 5.32 Å². The van der Waals surface area contributed by atoms with Gasteiger partial charge in [0.2, 0.25) is 5.91 Å². The Bertz CT molecular complexity index is 1280. The first-order chi connectivity index (χ1) is 16.8. The number of rotatable bonds is 8. The third-order valence-electron chi connectivity index (χ3n) is 6.63. The summed E-state index contributed by atoms with van der Waals surface area (Å²) in [6, 6.07) is 20.2. The maximum Gasteiger partial charge on any atom is 0.264 e. The smallest absolute Gasteiger partial charge is 0.264 e. The van der Waals surface area contributed by atoms with Gasteiger partial charge in [0, 0.05) is 0 Å². The number of nitrogens with one attached hydrogen (secondary N) is 1. The van der Waals surface area contributed by atoms with Crippen LogP contribution < -0.4 is 9.62 Å². The average Bonchev–Trinajstić information content (AvgIpc) is 2.85. The summed E-state index contributed by atoms with van der Waals surface area (Å²) in [5.41, 5.74) is 6.21. The Morgan fingerprint density at radius 1 is 0.914 bits per heavy atom. The first kappa shape index (κ1) is 25.0. The lowest BCUT2D eigenvalue weighted by molar-refractivity contribution is -0.120. The van der Waals surface area contributed by atoms with Gasteiger partial charge in [0.1, 0.15) is 6.54 Å². The molecule has 0 saturated carbocycles. The van der Waals surface area contributed by atoms with Gasteiger partial charge in [-0.05, 0) is 98.0 Å². The molecule has 0 saturated heterocycles. The van der Waals surface area contributed by atoms with Crippen molar-refractivity contribution in [3.05, 3.63) is 94.5 Å². The average molecular weight is 491 g/mol. The molecule has 6 heteroatoms. The van der Waals surface area contributed by atoms with Crippen LogP contribution in [-0.4, -0.2) is 20.9 Å². The van der Waals surface area contributed by atoms with Crippen LogP contribution in [0.2, 0.25) is 0 Å². The number of nitrogens with zero attached hydrogens (tertiary/aromatic N) is 1. The molecule has 1 aliphatic rings. The van der Waals surface area contributed by atoms with Crippen LogP contribution in [-0.2, 0) is 27.7 Å². The number of benzene rings is 3. The number of fused-ring (bicyclic) bond motifs is 1. The lowest BCUT2D eigenvalue weighted by Crippen LogP contribution is -2.42. The van der Waals surface area contributed by atoms with E-state index in [1.807, 2.05) is 39.0 Å². The van der Waals surface area contributed by atoms with Crippen molar-refractivity contribution >= 4 is 21.6 Å². The largest absolute Gasteiger partial charge is 0.348 e. The Morgan fingerprint density at radius 2 is 1.57 bits per heavy atom. The van der Waals surface area contributed by atoms with Gasteiger partial charge in [-0.15, -0.1) is 0 Å². The molecule has 0 bridgehead atoms. The van der Waals surface area contributed by atoms with Crippen LogP contribution in [0, 0.1) is 13.8 Å². The standard InChI is InChI=1S/C29H34N2O3S/c1-4-28(25-15-14-23-10-8-9-11-24(23)19-25)30-29(32)20-31(26-17-21(2)16-22(3)18-26)35(33,34)27-12-6-5-7-13-27/h5-7,12-19,28H,4,8-11,20H2,1-3H3,(H,30,32)/t28-/m0/s1. The van der Waals surface area contributed by atoms with Gasteiger partial charge in [-0.2, -0.15) is 0 Å². The first-order valence-corrected chi connectivity index (χ1v) is 13.8. The number of amides is 1. The zero-order valence-corrected chi connectivity index (χ0v) is 21.6. The van der Waals surface area contributed by atoms with E-state index in [2.05, 4.69) is 23.5 Å². The van der Waals surface area contributed by atoms with E-state index in [-0.39, 0.29) is 23.4 Å². The second kappa shape index (κ2) is 10.6. The van der Waals surface area contributed by atoms with Gasteiger partial charge >= 0.3 is 0 Å². The van der Waals surface area contributed by atoms with Gasteiger partial charge in [0.25, 0.3) is 10.0 Å². The van der Waals surface area contributed by atoms with Gasteiger partial charge < -0.3 is 5.32 Å². The number of anilines is 1. The minimum atomic E-state index is -3.93. The van der Waals surface area contributed by atoms with Gasteiger partial charge in [-0.25, -0.2) is 8.42 Å². The van der Waals surface area contributed by atoms with E-state index < -0.39 is 10.0 Å². The predicted molar refractivity (Wildman–Crippen MR) is 141 cm³/mol. The molecule has 3 aromatic rings. The first-order valence-electron chi connectivity index (χ1n) is 12.3. The van der Waals surface area contributed by atoms with Crippen molar-refractivity contribution < 1.29 is 13.2 Å². The minimum absolute atomic E-state index is 0.161. The summed E-state index contributed by atoms with van der Waals surface area (Å²) in [7, 11) is -3.93. The maximum atomic E-state index is 13.6. The number of aryl methyl sites for hydroxylation is 4. The molecule has 0 spiro atoms. The van der Waals surface area contributed by atoms with Crippen molar-refractivity contribution in [2.75, 3.05) is 10.8 Å². The van der Waals surface area contributed by atoms with Gasteiger partial charge in [0.05, 0.1) is 16.6 Å². The molecule has 0 fully saturated rings. The molecule has 4 rings (SSSR count). The molecule has 35 heavy (non-hydrogen) atoms. The molecule has 1 aliphatic carbocycles. The van der Waals surface area contributed by atoms with E-state index in [0.29, 0.717) is 5.69 Å². The van der Waals surface area contributed by atoms with Gasteiger partial charge in [-0.1, -0.05) is 49.4 Å². The van der Waals surface area contributed by atoms with Crippen molar-refractivity contribution in [3.8, 4) is 0 Å². The van der Waals surface area contributed by atoms with E-state index in [9.17, 15) is 13.2 Å². The Labute approximate surface area is 209 Å². The summed E-state index contributed by atoms with van der Waals surface area (Å²) in [5.74, 6) is -0.326. The predicted octanol–water partition coefficient (Wildman–Crippen LogP) is 5.65. The van der Waals surface area contributed by atoms with Crippen LogP contribution >= 0.6 is 0 Å². The number of carbonyl (C=O) groups excluding carboxylic acids is 1. The second-order valence-electron chi connectivity index (χ2n) is 9.43. The zero-order chi connectivity index (χ0) is 25.0. The molecular weight excluding hydrogens is 456 g/mol. The minimum Gasteiger partial charge on any atom is -0.348 e. The molecule has 0 unspecified atom stereocenters. The van der Waals surface area contributed by atoms with E-state index in [1.165, 1.54) is 28.3 Å². The Hall–Kier alpha value is -3.12. The Kier molecular flexibility index (Phi) is 7.60. The summed E-state index contributed by atoms with van der Waals surface area (Å²) < 4.78 is 28.5. The maximum absolute atomic E-state index is 13.6. The van der Waals surface area contributed by atoms with Crippen molar-refractivity contribution in [3.63, 3.8) is 0 Å². The quantitative estimate of drug-likeness (QED) is 0.444. The highest BCUT2D eigenvalue weighted by Crippen LogP contribution is 2.28. The molecule has 1 N–H and O–H groups in total. The van der Waals surface area contributed by atoms with E-state index >= 15 is 0 Å². The zero-order valence-electron chi connectivity index (χ0n) is 20.8. The van der Waals surface area contributed by atoms with Crippen LogP contribution in [0.4, 0.5) is 5.69 Å². The molecule has 0 radical (unpaired) electrons. The molecular formula is C29H34N2O3S. The number of carbonyl (C=O) groups is 1. The highest BCUT2D eigenvalue weighted by Gasteiger charge is 2.28. The number of hydrogen-bond acceptors (Lipinski definition) is 3. The Morgan fingerprint density at radius 3 is 2.23 bits per heavy atom. The number of hydrogen-bond donors (Lipinski definition) is 1. The van der Waals surface area contributed by atoms with Crippen molar-refractivity contribution in [1.29, 1.82) is 0 Å². The highest BCUT2D eigenvalue weighted by molar-refractivity contribution is 7.92. The van der Waals surface area contributed by atoms with Crippen LogP contribution in [0.15, 0.2) is 71.6 Å². The molecule has 1 atom stereocenters. The normalized spacial score (nSPS) is 14.1. The molecule has 0 heterocycles. The summed E-state index contributed by atoms with van der Waals surface area (Å²) in [5, 5.41) is 3.10. The lowest BCUT2D eigenvalue weighted by atomic mass is 9.89. The molecule has 3 aromatic carbocycles. The third kappa shape index (κ3) is 5.76. The Balaban J connectivity index is 1.61. The van der Waals surface area contributed by atoms with Crippen molar-refractivity contribution in [2.24, 2.45) is 0 Å². The van der Waals surface area contributed by atoms with Crippen LogP contribution in [0.25, 0.3) is 0 Å². The van der Waals surface area contributed by atoms with Gasteiger partial charge in [0.15, 0.2) is 0 Å². The third-order valence-corrected chi connectivity index (χ3v) is 8.42. The fourth-order valence-electron chi connectivity index (χ4n) is 4.89. The molecule has 1 amide bonds. The monoisotopic (exact) mass is 490 g/mol. The highest BCUT2D eigenvalue weighted by atomic mass is 32.2. The van der Waals surface area contributed by atoms with Crippen molar-refractivity contribution in [2.45, 2.75) is 63.8 Å². The summed E-state index contributed by atoms with van der Waals surface area (Å²) >= 11 is 0. The summed E-state index contributed by atoms with van der Waals surface area (Å²) in [6.07, 6.45) is 5.33. The molecule has 184 valence electrons. The lowest BCUT2D eigenvalue weighted by Gasteiger charge is -2.27. The van der Waals surface area contributed by atoms with E-state index in [4.69, 9.17) is 0 Å². The molecule has 0 aromatic heterocycles. The molecule has 5 nitrogen and oxygen atoms in total. The van der Waals surface area contributed by atoms with Gasteiger partial charge in [-0.3, -0.25) is 9.10 Å². The fourth-order valence-corrected chi connectivity index (χ4v) is 6.32. The number of sulfonamides is 1. The summed E-state index contributed by atoms with van der Waals surface area (Å²) in [4.78, 5) is 13.4. The SMILES string of the molecule is CC[C@H](NC(=O)CN(c1cc(C)cc(C)c1)S(=O)(=O)c1ccccc1)c1ccc2c(c1)CCCC2. The van der Waals surface area contributed by atoms with E-state index in [0.717, 1.165) is 36.0 Å². The summed E-state index contributed by atoms with van der Waals surface area (Å²) in [6.45, 7) is 5.59. The van der Waals surface area contributed by atoms with Crippen LogP contribution in [0.3, 0.4) is 0 Å². The van der Waals surface area contributed by atoms with Crippen LogP contribution in [0.1, 0.15) is 60.0 Å². The van der Waals surface area contributed by atoms with Crippen LogP contribution in [0.5, 0.6) is 0 Å². The molecule has 0 aliphatic heterocycles.